The molecule has 0 amide bonds. The van der Waals surface area contributed by atoms with Gasteiger partial charge in [-0.25, -0.2) is 0 Å². The van der Waals surface area contributed by atoms with E-state index in [9.17, 15) is 0 Å². The molecule has 0 N–H and O–H groups in total. The molecular formula is C13H17NO. The summed E-state index contributed by atoms with van der Waals surface area (Å²) < 4.78 is 5.65. The Morgan fingerprint density at radius 2 is 1.80 bits per heavy atom. The molecule has 2 nitrogen and oxygen atoms in total. The highest BCUT2D eigenvalue weighted by molar-refractivity contribution is 5.42. The zero-order valence-electron chi connectivity index (χ0n) is 9.79. The van der Waals surface area contributed by atoms with Crippen molar-refractivity contribution in [3.8, 4) is 11.8 Å². The van der Waals surface area contributed by atoms with E-state index in [0.29, 0.717) is 6.61 Å². The molecule has 1 atom stereocenters. The Morgan fingerprint density at radius 1 is 1.27 bits per heavy atom. The summed E-state index contributed by atoms with van der Waals surface area (Å²) in [6.45, 7) is 8.46. The van der Waals surface area contributed by atoms with Gasteiger partial charge in [-0.15, -0.1) is 0 Å². The van der Waals surface area contributed by atoms with E-state index in [1.165, 1.54) is 5.56 Å². The number of benzene rings is 1. The number of hydrogen-bond acceptors (Lipinski definition) is 2. The normalized spacial score (nSPS) is 11.9. The molecule has 2 heteroatoms. The molecule has 0 bridgehead atoms. The molecule has 1 aromatic rings. The fourth-order valence-electron chi connectivity index (χ4n) is 1.64. The van der Waals surface area contributed by atoms with Gasteiger partial charge in [-0.1, -0.05) is 17.7 Å². The quantitative estimate of drug-likeness (QED) is 0.756. The van der Waals surface area contributed by atoms with Crippen molar-refractivity contribution in [3.63, 3.8) is 0 Å². The van der Waals surface area contributed by atoms with Crippen LogP contribution in [-0.2, 0) is 0 Å². The lowest BCUT2D eigenvalue weighted by molar-refractivity contribution is 0.284. The van der Waals surface area contributed by atoms with Gasteiger partial charge in [0.1, 0.15) is 12.4 Å². The van der Waals surface area contributed by atoms with Crippen LogP contribution in [0.25, 0.3) is 0 Å². The smallest absolute Gasteiger partial charge is 0.125 e. The maximum Gasteiger partial charge on any atom is 0.125 e. The van der Waals surface area contributed by atoms with E-state index >= 15 is 0 Å². The van der Waals surface area contributed by atoms with Gasteiger partial charge in [0.25, 0.3) is 0 Å². The largest absolute Gasteiger partial charge is 0.492 e. The number of hydrogen-bond donors (Lipinski definition) is 0. The average molecular weight is 203 g/mol. The van der Waals surface area contributed by atoms with Gasteiger partial charge < -0.3 is 4.74 Å². The number of ether oxygens (including phenoxy) is 1. The predicted octanol–water partition coefficient (Wildman–Crippen LogP) is 3.15. The van der Waals surface area contributed by atoms with Crippen LogP contribution in [-0.4, -0.2) is 6.61 Å². The van der Waals surface area contributed by atoms with Crippen molar-refractivity contribution in [1.82, 2.24) is 0 Å². The van der Waals surface area contributed by atoms with Crippen LogP contribution >= 0.6 is 0 Å². The zero-order chi connectivity index (χ0) is 11.4. The summed E-state index contributed by atoms with van der Waals surface area (Å²) in [5, 5.41) is 8.67. The van der Waals surface area contributed by atoms with Crippen LogP contribution in [0.2, 0.25) is 0 Å². The minimum absolute atomic E-state index is 0.0647. The summed E-state index contributed by atoms with van der Waals surface area (Å²) in [5.41, 5.74) is 3.51. The Labute approximate surface area is 91.5 Å². The first-order valence-corrected chi connectivity index (χ1v) is 5.15. The molecule has 0 fully saturated rings. The van der Waals surface area contributed by atoms with Crippen LogP contribution in [0.1, 0.15) is 23.6 Å². The van der Waals surface area contributed by atoms with Crippen molar-refractivity contribution in [2.45, 2.75) is 27.7 Å². The Balaban J connectivity index is 2.82. The van der Waals surface area contributed by atoms with Gasteiger partial charge >= 0.3 is 0 Å². The number of rotatable bonds is 3. The third-order valence-corrected chi connectivity index (χ3v) is 2.30. The molecular weight excluding hydrogens is 186 g/mol. The summed E-state index contributed by atoms with van der Waals surface area (Å²) in [5.74, 6) is 0.854. The van der Waals surface area contributed by atoms with E-state index in [0.717, 1.165) is 16.9 Å². The number of nitriles is 1. The molecule has 80 valence electrons. The van der Waals surface area contributed by atoms with Gasteiger partial charge in [0, 0.05) is 0 Å². The van der Waals surface area contributed by atoms with Crippen molar-refractivity contribution in [1.29, 1.82) is 5.26 Å². The second kappa shape index (κ2) is 4.84. The monoisotopic (exact) mass is 203 g/mol. The minimum Gasteiger partial charge on any atom is -0.492 e. The maximum atomic E-state index is 8.67. The molecule has 0 heterocycles. The molecule has 1 unspecified atom stereocenters. The lowest BCUT2D eigenvalue weighted by Gasteiger charge is -2.13. The average Bonchev–Trinajstić information content (AvgIpc) is 2.15. The Bertz CT molecular complexity index is 367. The van der Waals surface area contributed by atoms with E-state index in [4.69, 9.17) is 10.00 Å². The molecule has 1 rings (SSSR count). The fraction of sp³-hybridized carbons (Fsp3) is 0.462. The van der Waals surface area contributed by atoms with Crippen molar-refractivity contribution in [2.24, 2.45) is 5.92 Å². The molecule has 0 radical (unpaired) electrons. The van der Waals surface area contributed by atoms with Crippen molar-refractivity contribution >= 4 is 0 Å². The minimum atomic E-state index is -0.0647. The predicted molar refractivity (Wildman–Crippen MR) is 60.9 cm³/mol. The summed E-state index contributed by atoms with van der Waals surface area (Å²) >= 11 is 0. The molecule has 0 aliphatic carbocycles. The summed E-state index contributed by atoms with van der Waals surface area (Å²) in [7, 11) is 0. The first-order chi connectivity index (χ1) is 7.04. The van der Waals surface area contributed by atoms with Gasteiger partial charge in [-0.05, 0) is 38.8 Å². The molecule has 0 aliphatic heterocycles. The Kier molecular flexibility index (Phi) is 3.74. The third-order valence-electron chi connectivity index (χ3n) is 2.30. The van der Waals surface area contributed by atoms with Crippen molar-refractivity contribution < 1.29 is 4.74 Å². The summed E-state index contributed by atoms with van der Waals surface area (Å²) in [6, 6.07) is 6.35. The van der Waals surface area contributed by atoms with E-state index in [1.54, 1.807) is 0 Å². The SMILES string of the molecule is Cc1cc(C)c(OCC(C)C#N)c(C)c1. The summed E-state index contributed by atoms with van der Waals surface area (Å²) in [4.78, 5) is 0. The van der Waals surface area contributed by atoms with Crippen LogP contribution < -0.4 is 4.74 Å². The molecule has 1 aromatic carbocycles. The third kappa shape index (κ3) is 2.99. The molecule has 0 saturated carbocycles. The Hall–Kier alpha value is -1.49. The fourth-order valence-corrected chi connectivity index (χ4v) is 1.64. The van der Waals surface area contributed by atoms with Crippen LogP contribution in [0, 0.1) is 38.0 Å². The van der Waals surface area contributed by atoms with Gasteiger partial charge in [0.15, 0.2) is 0 Å². The first kappa shape index (κ1) is 11.6. The van der Waals surface area contributed by atoms with E-state index in [1.807, 2.05) is 20.8 Å². The maximum absolute atomic E-state index is 8.67. The molecule has 0 aromatic heterocycles. The topological polar surface area (TPSA) is 33.0 Å². The van der Waals surface area contributed by atoms with E-state index in [-0.39, 0.29) is 5.92 Å². The van der Waals surface area contributed by atoms with Crippen molar-refractivity contribution in [3.05, 3.63) is 28.8 Å². The van der Waals surface area contributed by atoms with Gasteiger partial charge in [0.2, 0.25) is 0 Å². The second-order valence-corrected chi connectivity index (χ2v) is 4.07. The van der Waals surface area contributed by atoms with Gasteiger partial charge in [-0.3, -0.25) is 0 Å². The Morgan fingerprint density at radius 3 is 2.27 bits per heavy atom. The lowest BCUT2D eigenvalue weighted by atomic mass is 10.1. The number of aryl methyl sites for hydroxylation is 3. The standard InChI is InChI=1S/C13H17NO/c1-9-5-11(3)13(12(4)6-9)15-8-10(2)7-14/h5-6,10H,8H2,1-4H3. The second-order valence-electron chi connectivity index (χ2n) is 4.07. The van der Waals surface area contributed by atoms with E-state index < -0.39 is 0 Å². The van der Waals surface area contributed by atoms with Gasteiger partial charge in [-0.2, -0.15) is 5.26 Å². The molecule has 0 spiro atoms. The van der Waals surface area contributed by atoms with Crippen molar-refractivity contribution in [2.75, 3.05) is 6.61 Å². The zero-order valence-corrected chi connectivity index (χ0v) is 9.79. The number of nitrogens with zero attached hydrogens (tertiary/aromatic N) is 1. The van der Waals surface area contributed by atoms with Crippen LogP contribution in [0.3, 0.4) is 0 Å². The molecule has 15 heavy (non-hydrogen) atoms. The first-order valence-electron chi connectivity index (χ1n) is 5.15. The van der Waals surface area contributed by atoms with Crippen LogP contribution in [0.15, 0.2) is 12.1 Å². The highest BCUT2D eigenvalue weighted by Crippen LogP contribution is 2.24. The highest BCUT2D eigenvalue weighted by atomic mass is 16.5. The molecule has 0 aliphatic rings. The highest BCUT2D eigenvalue weighted by Gasteiger charge is 2.07. The lowest BCUT2D eigenvalue weighted by Crippen LogP contribution is -2.08. The van der Waals surface area contributed by atoms with E-state index in [2.05, 4.69) is 25.1 Å². The van der Waals surface area contributed by atoms with Gasteiger partial charge in [0.05, 0.1) is 12.0 Å². The summed E-state index contributed by atoms with van der Waals surface area (Å²) in [6.07, 6.45) is 0. The molecule has 0 saturated heterocycles. The van der Waals surface area contributed by atoms with Crippen LogP contribution in [0.5, 0.6) is 5.75 Å². The van der Waals surface area contributed by atoms with Crippen LogP contribution in [0.4, 0.5) is 0 Å².